The fraction of sp³-hybridized carbons (Fsp3) is 0.708. The Hall–Kier alpha value is -1.59. The van der Waals surface area contributed by atoms with Crippen LogP contribution >= 0.6 is 0 Å². The minimum absolute atomic E-state index is 0.0446. The molecule has 2 fully saturated rings. The first kappa shape index (κ1) is 19.4. The third-order valence-corrected chi connectivity index (χ3v) is 7.71. The van der Waals surface area contributed by atoms with E-state index < -0.39 is 17.1 Å². The van der Waals surface area contributed by atoms with Crippen LogP contribution in [0.25, 0.3) is 0 Å². The molecule has 5 nitrogen and oxygen atoms in total. The number of likely N-dealkylation sites (tertiary alicyclic amines) is 1. The second-order valence-electron chi connectivity index (χ2n) is 9.85. The van der Waals surface area contributed by atoms with E-state index in [0.29, 0.717) is 25.4 Å². The van der Waals surface area contributed by atoms with Crippen LogP contribution < -0.4 is 9.47 Å². The van der Waals surface area contributed by atoms with E-state index in [0.717, 1.165) is 55.8 Å². The number of carbonyl (C=O) groups is 1. The molecule has 0 unspecified atom stereocenters. The van der Waals surface area contributed by atoms with Crippen LogP contribution in [0.4, 0.5) is 0 Å². The molecule has 1 saturated carbocycles. The van der Waals surface area contributed by atoms with Gasteiger partial charge in [-0.3, -0.25) is 9.69 Å². The predicted molar refractivity (Wildman–Crippen MR) is 111 cm³/mol. The first-order chi connectivity index (χ1) is 13.9. The quantitative estimate of drug-likeness (QED) is 0.744. The van der Waals surface area contributed by atoms with Gasteiger partial charge in [-0.2, -0.15) is 0 Å². The Morgan fingerprint density at radius 3 is 2.93 bits per heavy atom. The summed E-state index contributed by atoms with van der Waals surface area (Å²) in [6, 6.07) is 4.20. The number of Topliss-reactive ketones (excluding diaryl/α,β-unsaturated/α-hetero) is 1. The summed E-state index contributed by atoms with van der Waals surface area (Å²) in [4.78, 5) is 15.5. The van der Waals surface area contributed by atoms with Gasteiger partial charge in [0.1, 0.15) is 0 Å². The summed E-state index contributed by atoms with van der Waals surface area (Å²) >= 11 is 0. The number of benzene rings is 1. The van der Waals surface area contributed by atoms with Gasteiger partial charge in [0.15, 0.2) is 23.4 Å². The van der Waals surface area contributed by atoms with E-state index in [1.807, 2.05) is 6.07 Å². The molecule has 2 aliphatic heterocycles. The largest absolute Gasteiger partial charge is 0.490 e. The Labute approximate surface area is 173 Å². The molecule has 1 spiro atoms. The minimum Gasteiger partial charge on any atom is -0.490 e. The topological polar surface area (TPSA) is 59.0 Å². The molecule has 5 rings (SSSR count). The van der Waals surface area contributed by atoms with Crippen molar-refractivity contribution in [1.82, 2.24) is 4.90 Å². The van der Waals surface area contributed by atoms with E-state index in [9.17, 15) is 9.90 Å². The summed E-state index contributed by atoms with van der Waals surface area (Å²) < 4.78 is 12.4. The lowest BCUT2D eigenvalue weighted by atomic mass is 9.49. The van der Waals surface area contributed by atoms with Crippen molar-refractivity contribution < 1.29 is 19.4 Å². The Morgan fingerprint density at radius 2 is 2.17 bits per heavy atom. The Kier molecular flexibility index (Phi) is 4.48. The molecule has 2 heterocycles. The fourth-order valence-electron chi connectivity index (χ4n) is 6.53. The molecular weight excluding hydrogens is 366 g/mol. The summed E-state index contributed by atoms with van der Waals surface area (Å²) in [5.74, 6) is 2.14. The van der Waals surface area contributed by atoms with Crippen molar-refractivity contribution in [3.05, 3.63) is 23.3 Å². The number of hydrogen-bond acceptors (Lipinski definition) is 5. The molecule has 2 aliphatic carbocycles. The zero-order valence-corrected chi connectivity index (χ0v) is 17.9. The Balaban J connectivity index is 1.64. The summed E-state index contributed by atoms with van der Waals surface area (Å²) in [5, 5.41) is 12.2. The van der Waals surface area contributed by atoms with Gasteiger partial charge < -0.3 is 14.6 Å². The Morgan fingerprint density at radius 1 is 1.34 bits per heavy atom. The number of hydrogen-bond donors (Lipinski definition) is 1. The van der Waals surface area contributed by atoms with Gasteiger partial charge in [-0.1, -0.05) is 33.3 Å². The monoisotopic (exact) mass is 399 g/mol. The van der Waals surface area contributed by atoms with Gasteiger partial charge in [0, 0.05) is 24.6 Å². The molecule has 5 heteroatoms. The van der Waals surface area contributed by atoms with Crippen LogP contribution in [0, 0.1) is 5.92 Å². The lowest BCUT2D eigenvalue weighted by Gasteiger charge is -2.62. The van der Waals surface area contributed by atoms with E-state index in [-0.39, 0.29) is 11.8 Å². The number of unbranched alkanes of at least 4 members (excludes halogenated alkanes) is 1. The van der Waals surface area contributed by atoms with Crippen molar-refractivity contribution >= 4 is 5.78 Å². The van der Waals surface area contributed by atoms with E-state index in [1.165, 1.54) is 5.56 Å². The third-order valence-electron chi connectivity index (χ3n) is 7.71. The molecule has 0 radical (unpaired) electrons. The van der Waals surface area contributed by atoms with E-state index in [4.69, 9.17) is 9.47 Å². The molecule has 4 atom stereocenters. The zero-order chi connectivity index (χ0) is 20.4. The van der Waals surface area contributed by atoms with Crippen LogP contribution in [-0.2, 0) is 16.6 Å². The molecule has 4 aliphatic rings. The van der Waals surface area contributed by atoms with Crippen molar-refractivity contribution in [1.29, 1.82) is 0 Å². The number of aliphatic hydroxyl groups is 1. The smallest absolute Gasteiger partial charge is 0.174 e. The van der Waals surface area contributed by atoms with Gasteiger partial charge >= 0.3 is 0 Å². The molecular formula is C24H33NO4. The minimum atomic E-state index is -0.918. The van der Waals surface area contributed by atoms with E-state index >= 15 is 0 Å². The summed E-state index contributed by atoms with van der Waals surface area (Å²) in [6.45, 7) is 9.13. The highest BCUT2D eigenvalue weighted by molar-refractivity contribution is 5.90. The summed E-state index contributed by atoms with van der Waals surface area (Å²) in [6.07, 6.45) is 3.98. The maximum atomic E-state index is 13.0. The highest BCUT2D eigenvalue weighted by Gasteiger charge is 2.73. The number of carbonyl (C=O) groups excluding carboxylic acids is 1. The van der Waals surface area contributed by atoms with Crippen molar-refractivity contribution in [2.75, 3.05) is 19.7 Å². The number of rotatable bonds is 6. The first-order valence-corrected chi connectivity index (χ1v) is 11.4. The zero-order valence-electron chi connectivity index (χ0n) is 17.9. The lowest BCUT2D eigenvalue weighted by molar-refractivity contribution is -0.189. The first-order valence-electron chi connectivity index (χ1n) is 11.4. The average Bonchev–Trinajstić information content (AvgIpc) is 3.03. The van der Waals surface area contributed by atoms with Gasteiger partial charge in [-0.15, -0.1) is 0 Å². The van der Waals surface area contributed by atoms with Crippen molar-refractivity contribution in [2.24, 2.45) is 5.92 Å². The van der Waals surface area contributed by atoms with Crippen molar-refractivity contribution in [2.45, 2.75) is 82.5 Å². The van der Waals surface area contributed by atoms with Crippen molar-refractivity contribution in [3.63, 3.8) is 0 Å². The average molecular weight is 400 g/mol. The van der Waals surface area contributed by atoms with Crippen LogP contribution in [0.1, 0.15) is 64.0 Å². The summed E-state index contributed by atoms with van der Waals surface area (Å²) in [7, 11) is 0. The molecule has 0 amide bonds. The molecule has 29 heavy (non-hydrogen) atoms. The molecule has 0 aromatic heterocycles. The number of piperidine rings is 1. The van der Waals surface area contributed by atoms with Crippen LogP contribution in [0.15, 0.2) is 12.1 Å². The summed E-state index contributed by atoms with van der Waals surface area (Å²) in [5.41, 5.74) is 0.766. The van der Waals surface area contributed by atoms with Gasteiger partial charge in [0.2, 0.25) is 0 Å². The van der Waals surface area contributed by atoms with Crippen LogP contribution in [0.2, 0.25) is 0 Å². The maximum Gasteiger partial charge on any atom is 0.174 e. The lowest BCUT2D eigenvalue weighted by Crippen LogP contribution is -2.76. The van der Waals surface area contributed by atoms with Crippen LogP contribution in [0.3, 0.4) is 0 Å². The number of ketones is 1. The molecule has 1 N–H and O–H groups in total. The maximum absolute atomic E-state index is 13.0. The second-order valence-corrected chi connectivity index (χ2v) is 9.85. The fourth-order valence-corrected chi connectivity index (χ4v) is 6.53. The van der Waals surface area contributed by atoms with Crippen LogP contribution in [0.5, 0.6) is 11.5 Å². The molecule has 158 valence electrons. The molecule has 1 aromatic rings. The molecule has 1 saturated heterocycles. The van der Waals surface area contributed by atoms with Gasteiger partial charge in [0.05, 0.1) is 17.6 Å². The SMILES string of the molecule is CCCCOc1ccc2c3c1O[C@H]1C(=O)CC[C@@]4(O)[C@@H](C2)N(CC(C)C)CC[C@]314. The van der Waals surface area contributed by atoms with Crippen molar-refractivity contribution in [3.8, 4) is 11.5 Å². The normalized spacial score (nSPS) is 34.9. The van der Waals surface area contributed by atoms with E-state index in [1.54, 1.807) is 0 Å². The van der Waals surface area contributed by atoms with Crippen LogP contribution in [-0.4, -0.2) is 53.2 Å². The van der Waals surface area contributed by atoms with E-state index in [2.05, 4.69) is 31.7 Å². The molecule has 1 aromatic carbocycles. The van der Waals surface area contributed by atoms with Gasteiger partial charge in [-0.05, 0) is 49.8 Å². The second kappa shape index (κ2) is 6.71. The number of nitrogens with zero attached hydrogens (tertiary/aromatic N) is 1. The standard InChI is InChI=1S/C24H33NO4/c1-4-5-12-28-18-7-6-16-13-19-24(27)9-8-17(26)22-23(24,20(16)21(18)29-22)10-11-25(19)14-15(2)3/h6-7,15,19,22,27H,4-5,8-14H2,1-3H3/t19-,22+,23+,24-/m1/s1. The Bertz CT molecular complexity index is 836. The predicted octanol–water partition coefficient (Wildman–Crippen LogP) is 3.24. The highest BCUT2D eigenvalue weighted by Crippen LogP contribution is 2.64. The van der Waals surface area contributed by atoms with Gasteiger partial charge in [0.25, 0.3) is 0 Å². The van der Waals surface area contributed by atoms with Gasteiger partial charge in [-0.25, -0.2) is 0 Å². The third kappa shape index (κ3) is 2.50. The number of ether oxygens (including phenoxy) is 2. The molecule has 2 bridgehead atoms. The highest BCUT2D eigenvalue weighted by atomic mass is 16.5.